The van der Waals surface area contributed by atoms with Crippen LogP contribution < -0.4 is 14.2 Å². The van der Waals surface area contributed by atoms with E-state index in [1.54, 1.807) is 36.4 Å². The van der Waals surface area contributed by atoms with Gasteiger partial charge in [0, 0.05) is 35.3 Å². The first kappa shape index (κ1) is 23.3. The van der Waals surface area contributed by atoms with Crippen LogP contribution in [0.5, 0.6) is 11.5 Å². The summed E-state index contributed by atoms with van der Waals surface area (Å²) in [5.41, 5.74) is 0.371. The Labute approximate surface area is 196 Å². The molecule has 0 aliphatic carbocycles. The Bertz CT molecular complexity index is 1560. The van der Waals surface area contributed by atoms with Gasteiger partial charge in [0.05, 0.1) is 28.7 Å². The number of sulfonamides is 2. The molecule has 4 rings (SSSR count). The van der Waals surface area contributed by atoms with Gasteiger partial charge >= 0.3 is 0 Å². The second kappa shape index (κ2) is 8.49. The summed E-state index contributed by atoms with van der Waals surface area (Å²) in [6.07, 6.45) is 0. The summed E-state index contributed by atoms with van der Waals surface area (Å²) in [4.78, 5) is 0.105. The summed E-state index contributed by atoms with van der Waals surface area (Å²) in [6, 6.07) is 14.3. The van der Waals surface area contributed by atoms with Crippen molar-refractivity contribution in [2.24, 2.45) is 0 Å². The minimum absolute atomic E-state index is 0.0276. The largest absolute Gasteiger partial charge is 0.497 e. The highest BCUT2D eigenvalue weighted by Gasteiger charge is 2.25. The van der Waals surface area contributed by atoms with Crippen molar-refractivity contribution in [2.75, 3.05) is 33.0 Å². The van der Waals surface area contributed by atoms with Crippen molar-refractivity contribution in [3.63, 3.8) is 0 Å². The molecule has 4 aromatic rings. The molecule has 0 aliphatic heterocycles. The van der Waals surface area contributed by atoms with Crippen LogP contribution in [-0.4, -0.2) is 49.5 Å². The molecule has 0 unspecified atom stereocenters. The van der Waals surface area contributed by atoms with Gasteiger partial charge in [0.15, 0.2) is 0 Å². The first-order valence-corrected chi connectivity index (χ1v) is 13.4. The van der Waals surface area contributed by atoms with Gasteiger partial charge in [-0.3, -0.25) is 4.72 Å². The van der Waals surface area contributed by atoms with Crippen LogP contribution in [0.2, 0.25) is 0 Å². The van der Waals surface area contributed by atoms with Gasteiger partial charge in [0.2, 0.25) is 10.0 Å². The van der Waals surface area contributed by atoms with Crippen LogP contribution >= 0.6 is 11.3 Å². The smallest absolute Gasteiger partial charge is 0.262 e. The van der Waals surface area contributed by atoms with Crippen LogP contribution in [0.15, 0.2) is 64.4 Å². The number of thiophene rings is 1. The van der Waals surface area contributed by atoms with E-state index in [0.29, 0.717) is 32.7 Å². The van der Waals surface area contributed by atoms with E-state index in [-0.39, 0.29) is 9.79 Å². The molecule has 33 heavy (non-hydrogen) atoms. The lowest BCUT2D eigenvalue weighted by molar-refractivity contribution is 0.415. The Hall–Kier alpha value is -2.86. The lowest BCUT2D eigenvalue weighted by Crippen LogP contribution is -2.22. The number of anilines is 1. The maximum atomic E-state index is 13.4. The molecule has 3 aromatic carbocycles. The fourth-order valence-electron chi connectivity index (χ4n) is 3.43. The van der Waals surface area contributed by atoms with E-state index in [4.69, 9.17) is 9.47 Å². The van der Waals surface area contributed by atoms with Crippen molar-refractivity contribution >= 4 is 57.2 Å². The third kappa shape index (κ3) is 4.12. The molecule has 1 heterocycles. The average Bonchev–Trinajstić information content (AvgIpc) is 3.17. The first-order chi connectivity index (χ1) is 15.6. The topological polar surface area (TPSA) is 102 Å². The van der Waals surface area contributed by atoms with E-state index in [1.165, 1.54) is 57.9 Å². The highest BCUT2D eigenvalue weighted by atomic mass is 32.2. The van der Waals surface area contributed by atoms with Gasteiger partial charge in [-0.05, 0) is 54.6 Å². The molecule has 1 aromatic heterocycles. The van der Waals surface area contributed by atoms with Gasteiger partial charge in [-0.2, -0.15) is 0 Å². The van der Waals surface area contributed by atoms with Crippen LogP contribution in [0.3, 0.4) is 0 Å². The van der Waals surface area contributed by atoms with E-state index >= 15 is 0 Å². The number of fused-ring (bicyclic) bond motifs is 3. The van der Waals surface area contributed by atoms with Gasteiger partial charge in [-0.25, -0.2) is 21.1 Å². The molecule has 0 fully saturated rings. The second-order valence-electron chi connectivity index (χ2n) is 7.35. The lowest BCUT2D eigenvalue weighted by Gasteiger charge is -2.13. The van der Waals surface area contributed by atoms with E-state index in [0.717, 1.165) is 9.01 Å². The fourth-order valence-corrected chi connectivity index (χ4v) is 6.91. The fraction of sp³-hybridized carbons (Fsp3) is 0.182. The van der Waals surface area contributed by atoms with Crippen molar-refractivity contribution < 1.29 is 26.3 Å². The molecule has 0 aliphatic rings. The monoisotopic (exact) mass is 506 g/mol. The third-order valence-electron chi connectivity index (χ3n) is 5.15. The summed E-state index contributed by atoms with van der Waals surface area (Å²) in [5.74, 6) is 1.11. The molecule has 0 bridgehead atoms. The minimum atomic E-state index is -4.01. The van der Waals surface area contributed by atoms with Gasteiger partial charge < -0.3 is 9.47 Å². The van der Waals surface area contributed by atoms with E-state index in [1.807, 2.05) is 0 Å². The highest BCUT2D eigenvalue weighted by Crippen LogP contribution is 2.43. The molecule has 11 heteroatoms. The van der Waals surface area contributed by atoms with Crippen molar-refractivity contribution in [1.82, 2.24) is 4.31 Å². The molecule has 0 saturated carbocycles. The van der Waals surface area contributed by atoms with E-state index in [2.05, 4.69) is 4.72 Å². The number of benzene rings is 3. The summed E-state index contributed by atoms with van der Waals surface area (Å²) >= 11 is 1.34. The maximum Gasteiger partial charge on any atom is 0.262 e. The zero-order valence-electron chi connectivity index (χ0n) is 18.3. The van der Waals surface area contributed by atoms with Crippen molar-refractivity contribution in [2.45, 2.75) is 9.79 Å². The average molecular weight is 507 g/mol. The number of nitrogens with one attached hydrogen (secondary N) is 1. The van der Waals surface area contributed by atoms with Crippen LogP contribution in [-0.2, 0) is 20.0 Å². The normalized spacial score (nSPS) is 12.4. The molecule has 174 valence electrons. The quantitative estimate of drug-likeness (QED) is 0.405. The van der Waals surface area contributed by atoms with E-state index < -0.39 is 20.0 Å². The first-order valence-electron chi connectivity index (χ1n) is 9.71. The molecule has 8 nitrogen and oxygen atoms in total. The standard InChI is InChI=1S/C22H22N2O6S3/c1-24(2)33(27,28)16-9-11-19-17(13-16)21-20(12-10-18(30-4)22(21)31-19)32(25,26)23-14-5-7-15(29-3)8-6-14/h5-13,23H,1-4H3. The Morgan fingerprint density at radius 2 is 1.58 bits per heavy atom. The summed E-state index contributed by atoms with van der Waals surface area (Å²) in [7, 11) is -1.79. The minimum Gasteiger partial charge on any atom is -0.497 e. The lowest BCUT2D eigenvalue weighted by atomic mass is 10.1. The number of rotatable bonds is 7. The summed E-state index contributed by atoms with van der Waals surface area (Å²) < 4.78 is 67.8. The molecule has 0 radical (unpaired) electrons. The Morgan fingerprint density at radius 1 is 0.879 bits per heavy atom. The number of methoxy groups -OCH3 is 2. The Morgan fingerprint density at radius 3 is 2.18 bits per heavy atom. The molecular weight excluding hydrogens is 484 g/mol. The predicted molar refractivity (Wildman–Crippen MR) is 131 cm³/mol. The molecule has 0 spiro atoms. The van der Waals surface area contributed by atoms with E-state index in [9.17, 15) is 16.8 Å². The van der Waals surface area contributed by atoms with Crippen LogP contribution in [0.4, 0.5) is 5.69 Å². The second-order valence-corrected chi connectivity index (χ2v) is 12.2. The van der Waals surface area contributed by atoms with Gasteiger partial charge in [0.25, 0.3) is 10.0 Å². The van der Waals surface area contributed by atoms with Crippen LogP contribution in [0.1, 0.15) is 0 Å². The van der Waals surface area contributed by atoms with Gasteiger partial charge in [-0.1, -0.05) is 0 Å². The maximum absolute atomic E-state index is 13.4. The third-order valence-corrected chi connectivity index (χ3v) is 9.57. The molecule has 0 amide bonds. The Kier molecular flexibility index (Phi) is 5.99. The van der Waals surface area contributed by atoms with Crippen molar-refractivity contribution in [3.8, 4) is 11.5 Å². The summed E-state index contributed by atoms with van der Waals surface area (Å²) in [5, 5.41) is 0.929. The SMILES string of the molecule is COc1ccc(NS(=O)(=O)c2ccc(OC)c3sc4ccc(S(=O)(=O)N(C)C)cc4c23)cc1. The van der Waals surface area contributed by atoms with Crippen molar-refractivity contribution in [3.05, 3.63) is 54.6 Å². The number of nitrogens with zero attached hydrogens (tertiary/aromatic N) is 1. The number of ether oxygens (including phenoxy) is 2. The molecule has 0 atom stereocenters. The summed E-state index contributed by atoms with van der Waals surface area (Å²) in [6.45, 7) is 0. The molecule has 0 saturated heterocycles. The zero-order valence-corrected chi connectivity index (χ0v) is 20.8. The Balaban J connectivity index is 1.95. The molecular formula is C22H22N2O6S3. The molecule has 1 N–H and O–H groups in total. The highest BCUT2D eigenvalue weighted by molar-refractivity contribution is 7.93. The predicted octanol–water partition coefficient (Wildman–Crippen LogP) is 4.12. The zero-order chi connectivity index (χ0) is 24.0. The van der Waals surface area contributed by atoms with Crippen LogP contribution in [0.25, 0.3) is 20.2 Å². The number of hydrogen-bond donors (Lipinski definition) is 1. The van der Waals surface area contributed by atoms with Gasteiger partial charge in [0.1, 0.15) is 11.5 Å². The van der Waals surface area contributed by atoms with Crippen LogP contribution in [0, 0.1) is 0 Å². The van der Waals surface area contributed by atoms with Gasteiger partial charge in [-0.15, -0.1) is 11.3 Å². The van der Waals surface area contributed by atoms with Crippen molar-refractivity contribution in [1.29, 1.82) is 0 Å². The number of hydrogen-bond acceptors (Lipinski definition) is 7.